The molecule has 0 radical (unpaired) electrons. The molecule has 0 amide bonds. The van der Waals surface area contributed by atoms with Crippen LogP contribution < -0.4 is 5.73 Å². The summed E-state index contributed by atoms with van der Waals surface area (Å²) in [6, 6.07) is 10.3. The highest BCUT2D eigenvalue weighted by atomic mass is 15.2. The zero-order valence-corrected chi connectivity index (χ0v) is 11.6. The molecular formula is C15H19N5. The highest BCUT2D eigenvalue weighted by molar-refractivity contribution is 5.74. The SMILES string of the molecule is Cn1nccc1CCC(N)Cn1cnc2ccccc21. The molecule has 5 heteroatoms. The number of nitrogens with two attached hydrogens (primary N) is 1. The Morgan fingerprint density at radius 2 is 2.10 bits per heavy atom. The van der Waals surface area contributed by atoms with Gasteiger partial charge in [0, 0.05) is 31.5 Å². The fourth-order valence-corrected chi connectivity index (χ4v) is 2.48. The third kappa shape index (κ3) is 2.58. The number of rotatable bonds is 5. The first-order valence-corrected chi connectivity index (χ1v) is 6.86. The van der Waals surface area contributed by atoms with Crippen LogP contribution in [0.4, 0.5) is 0 Å². The third-order valence-electron chi connectivity index (χ3n) is 3.65. The normalized spacial score (nSPS) is 12.9. The minimum absolute atomic E-state index is 0.113. The molecule has 1 unspecified atom stereocenters. The molecule has 0 aliphatic heterocycles. The summed E-state index contributed by atoms with van der Waals surface area (Å²) in [6.45, 7) is 0.790. The second-order valence-electron chi connectivity index (χ2n) is 5.13. The quantitative estimate of drug-likeness (QED) is 0.767. The predicted molar refractivity (Wildman–Crippen MR) is 79.2 cm³/mol. The van der Waals surface area contributed by atoms with Crippen molar-refractivity contribution < 1.29 is 0 Å². The molecule has 2 N–H and O–H groups in total. The van der Waals surface area contributed by atoms with Gasteiger partial charge in [-0.15, -0.1) is 0 Å². The van der Waals surface area contributed by atoms with Crippen molar-refractivity contribution in [2.24, 2.45) is 12.8 Å². The van der Waals surface area contributed by atoms with Gasteiger partial charge < -0.3 is 10.3 Å². The van der Waals surface area contributed by atoms with E-state index in [1.54, 1.807) is 0 Å². The first-order valence-electron chi connectivity index (χ1n) is 6.86. The van der Waals surface area contributed by atoms with E-state index < -0.39 is 0 Å². The van der Waals surface area contributed by atoms with Crippen molar-refractivity contribution in [2.45, 2.75) is 25.4 Å². The topological polar surface area (TPSA) is 61.7 Å². The van der Waals surface area contributed by atoms with Gasteiger partial charge in [0.15, 0.2) is 0 Å². The van der Waals surface area contributed by atoms with Gasteiger partial charge in [0.1, 0.15) is 0 Å². The Morgan fingerprint density at radius 1 is 1.25 bits per heavy atom. The third-order valence-corrected chi connectivity index (χ3v) is 3.65. The van der Waals surface area contributed by atoms with Crippen LogP contribution in [0.3, 0.4) is 0 Å². The van der Waals surface area contributed by atoms with Crippen molar-refractivity contribution in [2.75, 3.05) is 0 Å². The summed E-state index contributed by atoms with van der Waals surface area (Å²) in [5.74, 6) is 0. The molecule has 1 aromatic carbocycles. The predicted octanol–water partition coefficient (Wildman–Crippen LogP) is 1.73. The molecule has 3 rings (SSSR count). The lowest BCUT2D eigenvalue weighted by molar-refractivity contribution is 0.518. The van der Waals surface area contributed by atoms with E-state index >= 15 is 0 Å². The van der Waals surface area contributed by atoms with Gasteiger partial charge in [-0.1, -0.05) is 12.1 Å². The Morgan fingerprint density at radius 3 is 2.90 bits per heavy atom. The van der Waals surface area contributed by atoms with Crippen molar-refractivity contribution in [3.05, 3.63) is 48.5 Å². The van der Waals surface area contributed by atoms with Crippen LogP contribution in [0.25, 0.3) is 11.0 Å². The molecule has 104 valence electrons. The largest absolute Gasteiger partial charge is 0.329 e. The molecule has 5 nitrogen and oxygen atoms in total. The van der Waals surface area contributed by atoms with Gasteiger partial charge in [0.2, 0.25) is 0 Å². The van der Waals surface area contributed by atoms with E-state index in [0.717, 1.165) is 30.4 Å². The van der Waals surface area contributed by atoms with Crippen LogP contribution >= 0.6 is 0 Å². The van der Waals surface area contributed by atoms with E-state index in [-0.39, 0.29) is 6.04 Å². The number of aromatic nitrogens is 4. The number of aryl methyl sites for hydroxylation is 2. The number of imidazole rings is 1. The molecule has 0 spiro atoms. The van der Waals surface area contributed by atoms with Crippen LogP contribution in [0.5, 0.6) is 0 Å². The van der Waals surface area contributed by atoms with E-state index in [9.17, 15) is 0 Å². The van der Waals surface area contributed by atoms with Crippen molar-refractivity contribution in [1.82, 2.24) is 19.3 Å². The van der Waals surface area contributed by atoms with Crippen LogP contribution in [0, 0.1) is 0 Å². The standard InChI is InChI=1S/C15H19N5/c1-19-13(8-9-18-19)7-6-12(16)10-20-11-17-14-4-2-3-5-15(14)20/h2-5,8-9,11-12H,6-7,10,16H2,1H3. The lowest BCUT2D eigenvalue weighted by Crippen LogP contribution is -2.26. The van der Waals surface area contributed by atoms with E-state index in [1.165, 1.54) is 5.69 Å². The molecule has 3 aromatic rings. The summed E-state index contributed by atoms with van der Waals surface area (Å²) < 4.78 is 4.03. The fourth-order valence-electron chi connectivity index (χ4n) is 2.48. The van der Waals surface area contributed by atoms with Crippen LogP contribution in [0.2, 0.25) is 0 Å². The zero-order chi connectivity index (χ0) is 13.9. The average Bonchev–Trinajstić information content (AvgIpc) is 3.04. The monoisotopic (exact) mass is 269 g/mol. The number of fused-ring (bicyclic) bond motifs is 1. The summed E-state index contributed by atoms with van der Waals surface area (Å²) in [7, 11) is 1.96. The van der Waals surface area contributed by atoms with E-state index in [2.05, 4.69) is 20.7 Å². The maximum atomic E-state index is 6.24. The summed E-state index contributed by atoms with van der Waals surface area (Å²) in [6.07, 6.45) is 5.58. The highest BCUT2D eigenvalue weighted by Gasteiger charge is 2.08. The summed E-state index contributed by atoms with van der Waals surface area (Å²) >= 11 is 0. The zero-order valence-electron chi connectivity index (χ0n) is 11.6. The van der Waals surface area contributed by atoms with Crippen LogP contribution in [0.1, 0.15) is 12.1 Å². The number of hydrogen-bond donors (Lipinski definition) is 1. The minimum Gasteiger partial charge on any atom is -0.329 e. The van der Waals surface area contributed by atoms with Gasteiger partial charge >= 0.3 is 0 Å². The maximum absolute atomic E-state index is 6.24. The second kappa shape index (κ2) is 5.46. The molecule has 0 saturated heterocycles. The van der Waals surface area contributed by atoms with Crippen molar-refractivity contribution in [3.63, 3.8) is 0 Å². The van der Waals surface area contributed by atoms with Gasteiger partial charge in [-0.25, -0.2) is 4.98 Å². The molecular weight excluding hydrogens is 250 g/mol. The van der Waals surface area contributed by atoms with Crippen molar-refractivity contribution >= 4 is 11.0 Å². The molecule has 1 atom stereocenters. The van der Waals surface area contributed by atoms with E-state index in [1.807, 2.05) is 48.5 Å². The van der Waals surface area contributed by atoms with E-state index in [0.29, 0.717) is 0 Å². The van der Waals surface area contributed by atoms with Crippen LogP contribution in [0.15, 0.2) is 42.9 Å². The molecule has 2 aromatic heterocycles. The first-order chi connectivity index (χ1) is 9.74. The summed E-state index contributed by atoms with van der Waals surface area (Å²) in [5, 5.41) is 4.17. The Bertz CT molecular complexity index is 697. The van der Waals surface area contributed by atoms with Gasteiger partial charge in [-0.2, -0.15) is 5.10 Å². The Labute approximate surface area is 118 Å². The summed E-state index contributed by atoms with van der Waals surface area (Å²) in [4.78, 5) is 4.39. The fraction of sp³-hybridized carbons (Fsp3) is 0.333. The molecule has 0 aliphatic rings. The summed E-state index contributed by atoms with van der Waals surface area (Å²) in [5.41, 5.74) is 9.62. The molecule has 0 saturated carbocycles. The first kappa shape index (κ1) is 12.9. The van der Waals surface area contributed by atoms with Crippen molar-refractivity contribution in [3.8, 4) is 0 Å². The number of para-hydroxylation sites is 2. The second-order valence-corrected chi connectivity index (χ2v) is 5.13. The van der Waals surface area contributed by atoms with E-state index in [4.69, 9.17) is 5.73 Å². The van der Waals surface area contributed by atoms with Gasteiger partial charge in [0.05, 0.1) is 17.4 Å². The Kier molecular flexibility index (Phi) is 3.52. The molecule has 2 heterocycles. The van der Waals surface area contributed by atoms with Gasteiger partial charge in [0.25, 0.3) is 0 Å². The van der Waals surface area contributed by atoms with Crippen LogP contribution in [-0.4, -0.2) is 25.4 Å². The Balaban J connectivity index is 1.64. The smallest absolute Gasteiger partial charge is 0.0958 e. The number of hydrogen-bond acceptors (Lipinski definition) is 3. The molecule has 0 fully saturated rings. The number of nitrogens with zero attached hydrogens (tertiary/aromatic N) is 4. The lowest BCUT2D eigenvalue weighted by atomic mass is 10.1. The minimum atomic E-state index is 0.113. The molecule has 0 aliphatic carbocycles. The van der Waals surface area contributed by atoms with Crippen LogP contribution in [-0.2, 0) is 20.0 Å². The van der Waals surface area contributed by atoms with Gasteiger partial charge in [-0.05, 0) is 31.0 Å². The van der Waals surface area contributed by atoms with Gasteiger partial charge in [-0.3, -0.25) is 4.68 Å². The average molecular weight is 269 g/mol. The lowest BCUT2D eigenvalue weighted by Gasteiger charge is -2.13. The molecule has 20 heavy (non-hydrogen) atoms. The molecule has 0 bridgehead atoms. The van der Waals surface area contributed by atoms with Crippen molar-refractivity contribution in [1.29, 1.82) is 0 Å². The highest BCUT2D eigenvalue weighted by Crippen LogP contribution is 2.13. The maximum Gasteiger partial charge on any atom is 0.0958 e. The number of benzene rings is 1. The Hall–Kier alpha value is -2.14.